The first-order valence-electron chi connectivity index (χ1n) is 21.2. The van der Waals surface area contributed by atoms with Gasteiger partial charge < -0.3 is 140 Å². The van der Waals surface area contributed by atoms with Crippen LogP contribution in [-0.4, -0.2) is 297 Å². The second kappa shape index (κ2) is 23.8. The van der Waals surface area contributed by atoms with Crippen molar-refractivity contribution < 1.29 is 144 Å². The van der Waals surface area contributed by atoms with Crippen LogP contribution in [0.3, 0.4) is 0 Å². The molecule has 0 aromatic carbocycles. The molecule has 0 bridgehead atoms. The van der Waals surface area contributed by atoms with Gasteiger partial charge >= 0.3 is 5.97 Å². The maximum atomic E-state index is 12.9. The Bertz CT molecular complexity index is 1650. The van der Waals surface area contributed by atoms with Crippen LogP contribution < -0.4 is 10.6 Å². The van der Waals surface area contributed by atoms with E-state index in [-0.39, 0.29) is 0 Å². The van der Waals surface area contributed by atoms with E-state index in [0.717, 1.165) is 13.8 Å². The highest BCUT2D eigenvalue weighted by Crippen LogP contribution is 2.39. The van der Waals surface area contributed by atoms with Crippen molar-refractivity contribution in [2.75, 3.05) is 33.0 Å². The fourth-order valence-corrected chi connectivity index (χ4v) is 8.55. The maximum absolute atomic E-state index is 12.9. The minimum Gasteiger partial charge on any atom is -0.477 e. The number of amides is 2. The highest BCUT2D eigenvalue weighted by molar-refractivity contribution is 5.76. The first-order chi connectivity index (χ1) is 32.0. The van der Waals surface area contributed by atoms with E-state index < -0.39 is 216 Å². The number of hydrogen-bond donors (Lipinski definition) is 19. The molecular formula is C37H62N2O29. The third kappa shape index (κ3) is 11.8. The second-order valence-electron chi connectivity index (χ2n) is 16.8. The number of rotatable bonds is 18. The number of carboxylic acid groups (broad SMARTS) is 1. The summed E-state index contributed by atoms with van der Waals surface area (Å²) < 4.78 is 50.5. The van der Waals surface area contributed by atoms with Crippen LogP contribution in [0.5, 0.6) is 0 Å². The van der Waals surface area contributed by atoms with Crippen molar-refractivity contribution in [3.05, 3.63) is 0 Å². The summed E-state index contributed by atoms with van der Waals surface area (Å²) in [6.45, 7) is -3.20. The molecule has 0 aliphatic carbocycles. The van der Waals surface area contributed by atoms with Gasteiger partial charge in [0.05, 0.1) is 45.2 Å². The number of aliphatic hydroxyl groups excluding tert-OH is 16. The zero-order chi connectivity index (χ0) is 50.7. The van der Waals surface area contributed by atoms with E-state index in [0.29, 0.717) is 0 Å². The first-order valence-corrected chi connectivity index (χ1v) is 21.2. The summed E-state index contributed by atoms with van der Waals surface area (Å²) in [7, 11) is 0. The van der Waals surface area contributed by atoms with Gasteiger partial charge in [-0.25, -0.2) is 4.79 Å². The highest BCUT2D eigenvalue weighted by atomic mass is 16.8. The SMILES string of the molecule is CC(=O)N[C@H]1[C@H](O[C@@H]2[C@H](O)[C@@H](O)[C@H](O[C@H]3[C@H](O)[C@@H](O)C(O)O[C@@H]3CO)O[C@@H]2CO)O[C@H](CO)[C@@H](O[C@@H]2O[C@H](CO)[C@H](O)[C@H](O[C@]3(C(=O)O)C[C@H](O)[C@@H](NC(C)=O)[C@H]([C@H](O)[C@H](O)CO)O3)[C@H]2O)[C@@H]1O. The summed E-state index contributed by atoms with van der Waals surface area (Å²) in [5.74, 6) is -6.89. The fraction of sp³-hybridized carbons (Fsp3) is 0.919. The molecule has 5 aliphatic rings. The van der Waals surface area contributed by atoms with E-state index in [4.69, 9.17) is 42.6 Å². The van der Waals surface area contributed by atoms with Crippen LogP contribution in [0, 0.1) is 0 Å². The van der Waals surface area contributed by atoms with Gasteiger partial charge in [0.2, 0.25) is 11.8 Å². The normalized spacial score (nSPS) is 46.6. The van der Waals surface area contributed by atoms with Gasteiger partial charge in [-0.2, -0.15) is 0 Å². The van der Waals surface area contributed by atoms with Gasteiger partial charge in [-0.15, -0.1) is 0 Å². The average Bonchev–Trinajstić information content (AvgIpc) is 3.29. The van der Waals surface area contributed by atoms with Crippen LogP contribution >= 0.6 is 0 Å². The summed E-state index contributed by atoms with van der Waals surface area (Å²) in [5, 5.41) is 184. The standard InChI is InChI=1S/C37H62N2O29/c1-9(45)38-17-11(47)3-37(36(58)59,67-30(17)19(49)12(48)4-40)68-31-20(50)13(5-41)61-35(26(31)56)65-27-15(7-43)62-33(18(21(27)51)39-10(2)46)64-29-16(8-44)63-34(25(55)23(29)53)66-28-14(6-42)60-32(57)24(54)22(28)52/h11-35,40-44,47-57H,3-8H2,1-2H3,(H,38,45)(H,39,46)(H,58,59)/t11-,12+,13+,14+,15+,16+,17+,18+,19+,20-,21+,22+,23+,24+,25+,26+,27+,28+,29-,30+,31-,32?,33-,34-,35-,37-/m0/s1. The lowest BCUT2D eigenvalue weighted by molar-refractivity contribution is -0.389. The molecule has 26 atom stereocenters. The lowest BCUT2D eigenvalue weighted by Crippen LogP contribution is -2.71. The number of nitrogens with one attached hydrogen (secondary N) is 2. The Hall–Kier alpha value is -2.59. The van der Waals surface area contributed by atoms with E-state index in [1.165, 1.54) is 0 Å². The van der Waals surface area contributed by atoms with E-state index in [1.807, 2.05) is 0 Å². The molecule has 5 fully saturated rings. The number of carboxylic acids is 1. The number of aliphatic carboxylic acids is 1. The number of ether oxygens (including phenoxy) is 9. The molecule has 31 heteroatoms. The molecule has 5 aliphatic heterocycles. The third-order valence-corrected chi connectivity index (χ3v) is 12.1. The van der Waals surface area contributed by atoms with Crippen LogP contribution in [0.15, 0.2) is 0 Å². The van der Waals surface area contributed by atoms with Gasteiger partial charge in [-0.05, 0) is 0 Å². The topological polar surface area (TPSA) is 502 Å². The number of carbonyl (C=O) groups is 3. The summed E-state index contributed by atoms with van der Waals surface area (Å²) in [5.41, 5.74) is 0. The molecule has 5 heterocycles. The minimum atomic E-state index is -3.16. The van der Waals surface area contributed by atoms with Crippen LogP contribution in [0.25, 0.3) is 0 Å². The molecule has 5 saturated heterocycles. The molecule has 0 aromatic heterocycles. The molecule has 5 rings (SSSR count). The van der Waals surface area contributed by atoms with Crippen LogP contribution in [-0.2, 0) is 57.0 Å². The molecule has 1 unspecified atom stereocenters. The van der Waals surface area contributed by atoms with Crippen molar-refractivity contribution in [1.29, 1.82) is 0 Å². The molecule has 2 amide bonds. The van der Waals surface area contributed by atoms with E-state index in [1.54, 1.807) is 0 Å². The zero-order valence-corrected chi connectivity index (χ0v) is 36.2. The average molecular weight is 999 g/mol. The fourth-order valence-electron chi connectivity index (χ4n) is 8.55. The largest absolute Gasteiger partial charge is 0.477 e. The number of carbonyl (C=O) groups excluding carboxylic acids is 2. The van der Waals surface area contributed by atoms with Gasteiger partial charge in [0.15, 0.2) is 25.2 Å². The Morgan fingerprint density at radius 2 is 1.03 bits per heavy atom. The van der Waals surface area contributed by atoms with Crippen molar-refractivity contribution in [1.82, 2.24) is 10.6 Å². The minimum absolute atomic E-state index is 0.809. The Balaban J connectivity index is 1.37. The second-order valence-corrected chi connectivity index (χ2v) is 16.8. The summed E-state index contributed by atoms with van der Waals surface area (Å²) in [6, 6.07) is -3.43. The van der Waals surface area contributed by atoms with E-state index in [2.05, 4.69) is 10.6 Å². The van der Waals surface area contributed by atoms with Crippen molar-refractivity contribution in [3.8, 4) is 0 Å². The van der Waals surface area contributed by atoms with Crippen molar-refractivity contribution in [2.24, 2.45) is 0 Å². The van der Waals surface area contributed by atoms with Crippen LogP contribution in [0.4, 0.5) is 0 Å². The van der Waals surface area contributed by atoms with Gasteiger partial charge in [0, 0.05) is 20.3 Å². The molecule has 19 N–H and O–H groups in total. The molecule has 0 radical (unpaired) electrons. The highest BCUT2D eigenvalue weighted by Gasteiger charge is 2.61. The molecule has 0 aromatic rings. The maximum Gasteiger partial charge on any atom is 0.364 e. The summed E-state index contributed by atoms with van der Waals surface area (Å²) in [6.07, 6.45) is -46.7. The zero-order valence-electron chi connectivity index (χ0n) is 36.2. The van der Waals surface area contributed by atoms with Gasteiger partial charge in [-0.3, -0.25) is 9.59 Å². The molecule has 68 heavy (non-hydrogen) atoms. The molecule has 0 spiro atoms. The van der Waals surface area contributed by atoms with E-state index in [9.17, 15) is 101 Å². The Labute approximate surface area is 384 Å². The Kier molecular flexibility index (Phi) is 19.7. The van der Waals surface area contributed by atoms with Gasteiger partial charge in [0.1, 0.15) is 116 Å². The lowest BCUT2D eigenvalue weighted by Gasteiger charge is -2.51. The predicted octanol–water partition coefficient (Wildman–Crippen LogP) is -12.4. The van der Waals surface area contributed by atoms with Gasteiger partial charge in [-0.1, -0.05) is 0 Å². The number of aliphatic hydroxyl groups is 16. The monoisotopic (exact) mass is 998 g/mol. The molecule has 0 saturated carbocycles. The number of hydrogen-bond acceptors (Lipinski definition) is 28. The summed E-state index contributed by atoms with van der Waals surface area (Å²) in [4.78, 5) is 37.4. The molecular weight excluding hydrogens is 936 g/mol. The third-order valence-electron chi connectivity index (χ3n) is 12.1. The van der Waals surface area contributed by atoms with Crippen molar-refractivity contribution in [2.45, 2.75) is 179 Å². The van der Waals surface area contributed by atoms with E-state index >= 15 is 0 Å². The van der Waals surface area contributed by atoms with Crippen LogP contribution in [0.1, 0.15) is 20.3 Å². The first kappa shape index (κ1) is 56.3. The Morgan fingerprint density at radius 1 is 0.574 bits per heavy atom. The van der Waals surface area contributed by atoms with Gasteiger partial charge in [0.25, 0.3) is 5.79 Å². The smallest absolute Gasteiger partial charge is 0.364 e. The Morgan fingerprint density at radius 3 is 1.54 bits per heavy atom. The molecule has 394 valence electrons. The van der Waals surface area contributed by atoms with Crippen molar-refractivity contribution in [3.63, 3.8) is 0 Å². The molecule has 31 nitrogen and oxygen atoms in total. The quantitative estimate of drug-likeness (QED) is 0.0606. The summed E-state index contributed by atoms with van der Waals surface area (Å²) >= 11 is 0. The lowest BCUT2D eigenvalue weighted by atomic mass is 9.88. The van der Waals surface area contributed by atoms with Crippen molar-refractivity contribution >= 4 is 17.8 Å². The predicted molar refractivity (Wildman–Crippen MR) is 207 cm³/mol. The van der Waals surface area contributed by atoms with Crippen LogP contribution in [0.2, 0.25) is 0 Å².